The monoisotopic (exact) mass is 239 g/mol. The second-order valence-corrected chi connectivity index (χ2v) is 4.15. The van der Waals surface area contributed by atoms with Crippen LogP contribution in [0, 0.1) is 5.92 Å². The summed E-state index contributed by atoms with van der Waals surface area (Å²) in [6.07, 6.45) is 4.22. The Morgan fingerprint density at radius 1 is 1.67 bits per heavy atom. The van der Waals surface area contributed by atoms with Crippen LogP contribution in [0.1, 0.15) is 26.2 Å². The molecule has 1 nitrogen and oxygen atoms in total. The van der Waals surface area contributed by atoms with Crippen LogP contribution in [0.15, 0.2) is 0 Å². The number of hydrogen-bond acceptors (Lipinski definition) is 1. The molecular formula is C7H14IN. The van der Waals surface area contributed by atoms with E-state index in [0.717, 1.165) is 5.92 Å². The largest absolute Gasteiger partial charge is 0.247 e. The van der Waals surface area contributed by atoms with Crippen molar-refractivity contribution in [2.75, 3.05) is 13.1 Å². The molecule has 0 aromatic rings. The second-order valence-electron chi connectivity index (χ2n) is 2.79. The molecule has 1 fully saturated rings. The van der Waals surface area contributed by atoms with Gasteiger partial charge in [0.15, 0.2) is 0 Å². The zero-order valence-corrected chi connectivity index (χ0v) is 8.10. The van der Waals surface area contributed by atoms with Crippen LogP contribution in [0.5, 0.6) is 0 Å². The first-order valence-electron chi connectivity index (χ1n) is 3.73. The first kappa shape index (κ1) is 7.79. The predicted molar refractivity (Wildman–Crippen MR) is 48.6 cm³/mol. The lowest BCUT2D eigenvalue weighted by Crippen LogP contribution is -2.27. The lowest BCUT2D eigenvalue weighted by Gasteiger charge is -2.26. The maximum absolute atomic E-state index is 2.43. The summed E-state index contributed by atoms with van der Waals surface area (Å²) < 4.78 is 2.41. The van der Waals surface area contributed by atoms with Gasteiger partial charge in [-0.1, -0.05) is 13.3 Å². The quantitative estimate of drug-likeness (QED) is 0.501. The Kier molecular flexibility index (Phi) is 3.26. The summed E-state index contributed by atoms with van der Waals surface area (Å²) in [7, 11) is 0. The van der Waals surface area contributed by atoms with Crippen LogP contribution in [0.4, 0.5) is 0 Å². The van der Waals surface area contributed by atoms with E-state index in [-0.39, 0.29) is 0 Å². The Bertz CT molecular complexity index is 85.0. The SMILES string of the molecule is CC[C@H]1CCCN(I)C1. The molecule has 0 aliphatic carbocycles. The molecule has 1 atom stereocenters. The molecule has 1 heterocycles. The van der Waals surface area contributed by atoms with Crippen molar-refractivity contribution < 1.29 is 0 Å². The average Bonchev–Trinajstić information content (AvgIpc) is 1.88. The third kappa shape index (κ3) is 2.42. The van der Waals surface area contributed by atoms with Gasteiger partial charge in [-0.3, -0.25) is 0 Å². The van der Waals surface area contributed by atoms with E-state index in [2.05, 4.69) is 32.9 Å². The fraction of sp³-hybridized carbons (Fsp3) is 1.00. The highest BCUT2D eigenvalue weighted by atomic mass is 127. The van der Waals surface area contributed by atoms with Crippen molar-refractivity contribution in [2.45, 2.75) is 26.2 Å². The van der Waals surface area contributed by atoms with Gasteiger partial charge < -0.3 is 0 Å². The standard InChI is InChI=1S/C7H14IN/c1-2-7-4-3-5-9(8)6-7/h7H,2-6H2,1H3/t7-/m0/s1. The molecule has 0 amide bonds. The summed E-state index contributed by atoms with van der Waals surface area (Å²) in [6.45, 7) is 4.91. The fourth-order valence-electron chi connectivity index (χ4n) is 1.35. The van der Waals surface area contributed by atoms with Gasteiger partial charge >= 0.3 is 0 Å². The van der Waals surface area contributed by atoms with E-state index in [4.69, 9.17) is 0 Å². The van der Waals surface area contributed by atoms with Crippen molar-refractivity contribution in [3.63, 3.8) is 0 Å². The first-order valence-corrected chi connectivity index (χ1v) is 4.70. The molecular weight excluding hydrogens is 225 g/mol. The molecule has 0 bridgehead atoms. The molecule has 0 N–H and O–H groups in total. The zero-order chi connectivity index (χ0) is 6.69. The van der Waals surface area contributed by atoms with Crippen LogP contribution in [0.3, 0.4) is 0 Å². The smallest absolute Gasteiger partial charge is 0.0201 e. The van der Waals surface area contributed by atoms with Crippen molar-refractivity contribution in [1.29, 1.82) is 0 Å². The molecule has 1 aliphatic rings. The Morgan fingerprint density at radius 2 is 2.44 bits per heavy atom. The summed E-state index contributed by atoms with van der Waals surface area (Å²) in [5.41, 5.74) is 0. The van der Waals surface area contributed by atoms with E-state index < -0.39 is 0 Å². The summed E-state index contributed by atoms with van der Waals surface area (Å²) in [5.74, 6) is 0.982. The maximum Gasteiger partial charge on any atom is 0.0201 e. The van der Waals surface area contributed by atoms with Crippen LogP contribution in [0.25, 0.3) is 0 Å². The zero-order valence-electron chi connectivity index (χ0n) is 5.94. The van der Waals surface area contributed by atoms with Crippen molar-refractivity contribution >= 4 is 22.9 Å². The van der Waals surface area contributed by atoms with E-state index in [9.17, 15) is 0 Å². The van der Waals surface area contributed by atoms with Gasteiger partial charge in [0.05, 0.1) is 0 Å². The number of nitrogens with zero attached hydrogens (tertiary/aromatic N) is 1. The summed E-state index contributed by atoms with van der Waals surface area (Å²) in [6, 6.07) is 0. The lowest BCUT2D eigenvalue weighted by molar-refractivity contribution is 0.297. The minimum Gasteiger partial charge on any atom is -0.247 e. The van der Waals surface area contributed by atoms with Gasteiger partial charge in [0.2, 0.25) is 0 Å². The molecule has 1 saturated heterocycles. The molecule has 1 aliphatic heterocycles. The lowest BCUT2D eigenvalue weighted by atomic mass is 9.97. The van der Waals surface area contributed by atoms with E-state index in [0.29, 0.717) is 0 Å². The van der Waals surface area contributed by atoms with Crippen LogP contribution in [0.2, 0.25) is 0 Å². The van der Waals surface area contributed by atoms with Gasteiger partial charge in [-0.05, 0) is 18.8 Å². The fourth-order valence-corrected chi connectivity index (χ4v) is 2.25. The molecule has 0 aromatic heterocycles. The Morgan fingerprint density at radius 3 is 2.89 bits per heavy atom. The second kappa shape index (κ2) is 3.76. The molecule has 9 heavy (non-hydrogen) atoms. The Balaban J connectivity index is 2.23. The van der Waals surface area contributed by atoms with Crippen molar-refractivity contribution in [3.05, 3.63) is 0 Å². The Labute approximate surface area is 71.3 Å². The van der Waals surface area contributed by atoms with Gasteiger partial charge in [-0.2, -0.15) is 0 Å². The molecule has 54 valence electrons. The molecule has 1 rings (SSSR count). The highest BCUT2D eigenvalue weighted by Crippen LogP contribution is 2.20. The van der Waals surface area contributed by atoms with Gasteiger partial charge in [-0.25, -0.2) is 3.11 Å². The summed E-state index contributed by atoms with van der Waals surface area (Å²) in [4.78, 5) is 0. The van der Waals surface area contributed by atoms with E-state index in [1.54, 1.807) is 0 Å². The van der Waals surface area contributed by atoms with Gasteiger partial charge in [0.1, 0.15) is 0 Å². The maximum atomic E-state index is 2.43. The number of piperidine rings is 1. The topological polar surface area (TPSA) is 3.24 Å². The number of halogens is 1. The van der Waals surface area contributed by atoms with E-state index in [1.165, 1.54) is 32.4 Å². The van der Waals surface area contributed by atoms with Gasteiger partial charge in [0.25, 0.3) is 0 Å². The van der Waals surface area contributed by atoms with Crippen LogP contribution in [-0.4, -0.2) is 16.2 Å². The minimum absolute atomic E-state index is 0.982. The van der Waals surface area contributed by atoms with Crippen molar-refractivity contribution in [2.24, 2.45) is 5.92 Å². The van der Waals surface area contributed by atoms with Gasteiger partial charge in [0, 0.05) is 36.0 Å². The van der Waals surface area contributed by atoms with E-state index in [1.807, 2.05) is 0 Å². The first-order chi connectivity index (χ1) is 4.33. The summed E-state index contributed by atoms with van der Waals surface area (Å²) in [5, 5.41) is 0. The number of rotatable bonds is 1. The third-order valence-corrected chi connectivity index (χ3v) is 2.92. The average molecular weight is 239 g/mol. The van der Waals surface area contributed by atoms with Crippen LogP contribution in [-0.2, 0) is 0 Å². The third-order valence-electron chi connectivity index (χ3n) is 2.05. The van der Waals surface area contributed by atoms with E-state index >= 15 is 0 Å². The highest BCUT2D eigenvalue weighted by Gasteiger charge is 2.15. The molecule has 0 radical (unpaired) electrons. The van der Waals surface area contributed by atoms with Crippen LogP contribution < -0.4 is 0 Å². The highest BCUT2D eigenvalue weighted by molar-refractivity contribution is 14.1. The summed E-state index contributed by atoms with van der Waals surface area (Å²) >= 11 is 2.43. The number of hydrogen-bond donors (Lipinski definition) is 0. The Hall–Kier alpha value is 0.690. The normalized spacial score (nSPS) is 30.7. The van der Waals surface area contributed by atoms with Crippen LogP contribution >= 0.6 is 22.9 Å². The molecule has 0 spiro atoms. The van der Waals surface area contributed by atoms with Crippen molar-refractivity contribution in [3.8, 4) is 0 Å². The molecule has 0 unspecified atom stereocenters. The molecule has 2 heteroatoms. The minimum atomic E-state index is 0.982. The predicted octanol–water partition coefficient (Wildman–Crippen LogP) is 2.46. The molecule has 0 saturated carbocycles. The van der Waals surface area contributed by atoms with Gasteiger partial charge in [-0.15, -0.1) is 0 Å². The molecule has 0 aromatic carbocycles. The van der Waals surface area contributed by atoms with Crippen molar-refractivity contribution in [1.82, 2.24) is 3.11 Å².